The third-order valence-electron chi connectivity index (χ3n) is 5.70. The molecule has 3 heterocycles. The zero-order valence-corrected chi connectivity index (χ0v) is 18.7. The highest BCUT2D eigenvalue weighted by Gasteiger charge is 2.72. The van der Waals surface area contributed by atoms with Crippen molar-refractivity contribution in [2.75, 3.05) is 11.5 Å². The highest BCUT2D eigenvalue weighted by molar-refractivity contribution is 6.34. The third kappa shape index (κ3) is 3.59. The SMILES string of the molecule is CCOC(=O)c1cc(N2C(=O)[C@H]3[C@@H](C2=O)[C@@]2(C(OC(C)=O)OC(C)=O)C=C[C@H]3O2)ccc1Cl. The van der Waals surface area contributed by atoms with Crippen LogP contribution in [0.4, 0.5) is 5.69 Å². The molecule has 33 heavy (non-hydrogen) atoms. The lowest BCUT2D eigenvalue weighted by molar-refractivity contribution is -0.226. The number of hydrogen-bond donors (Lipinski definition) is 0. The molecular weight excluding hydrogens is 458 g/mol. The summed E-state index contributed by atoms with van der Waals surface area (Å²) in [6.45, 7) is 3.99. The fourth-order valence-corrected chi connectivity index (χ4v) is 4.68. The maximum absolute atomic E-state index is 13.5. The molecule has 10 nitrogen and oxygen atoms in total. The predicted octanol–water partition coefficient (Wildman–Crippen LogP) is 1.78. The van der Waals surface area contributed by atoms with E-state index in [1.54, 1.807) is 13.0 Å². The van der Waals surface area contributed by atoms with Gasteiger partial charge < -0.3 is 18.9 Å². The van der Waals surface area contributed by atoms with E-state index in [9.17, 15) is 24.0 Å². The molecule has 0 radical (unpaired) electrons. The standard InChI is InChI=1S/C22H20ClNO9/c1-4-30-20(29)13-9-12(5-6-14(13)23)24-18(27)16-15-7-8-22(33-15,17(16)19(24)28)21(31-10(2)25)32-11(3)26/h5-9,15-17,21H,4H2,1-3H3/t15-,16-,17+,22-/m1/s1. The van der Waals surface area contributed by atoms with E-state index in [4.69, 9.17) is 30.5 Å². The molecule has 0 aliphatic carbocycles. The number of carbonyl (C=O) groups excluding carboxylic acids is 5. The van der Waals surface area contributed by atoms with E-state index in [1.807, 2.05) is 0 Å². The number of halogens is 1. The molecule has 4 rings (SSSR count). The summed E-state index contributed by atoms with van der Waals surface area (Å²) in [5, 5.41) is 0.0998. The van der Waals surface area contributed by atoms with Crippen LogP contribution >= 0.6 is 11.6 Å². The minimum absolute atomic E-state index is 0.00145. The van der Waals surface area contributed by atoms with Gasteiger partial charge in [0.1, 0.15) is 0 Å². The van der Waals surface area contributed by atoms with Crippen molar-refractivity contribution in [2.24, 2.45) is 11.8 Å². The van der Waals surface area contributed by atoms with Crippen LogP contribution in [0.1, 0.15) is 31.1 Å². The van der Waals surface area contributed by atoms with Crippen LogP contribution in [0.25, 0.3) is 0 Å². The van der Waals surface area contributed by atoms with Gasteiger partial charge in [0, 0.05) is 13.8 Å². The van der Waals surface area contributed by atoms with Crippen molar-refractivity contribution in [3.63, 3.8) is 0 Å². The van der Waals surface area contributed by atoms with Crippen LogP contribution in [-0.4, -0.2) is 54.3 Å². The Morgan fingerprint density at radius 3 is 2.42 bits per heavy atom. The van der Waals surface area contributed by atoms with Gasteiger partial charge in [0.2, 0.25) is 11.8 Å². The topological polar surface area (TPSA) is 126 Å². The van der Waals surface area contributed by atoms with Crippen molar-refractivity contribution >= 4 is 47.0 Å². The molecule has 0 aromatic heterocycles. The number of carbonyl (C=O) groups is 5. The molecule has 3 aliphatic heterocycles. The maximum Gasteiger partial charge on any atom is 0.339 e. The van der Waals surface area contributed by atoms with Crippen molar-refractivity contribution in [3.05, 3.63) is 40.9 Å². The van der Waals surface area contributed by atoms with E-state index in [1.165, 1.54) is 24.3 Å². The lowest BCUT2D eigenvalue weighted by atomic mass is 9.76. The number of rotatable bonds is 6. The molecule has 1 aromatic rings. The summed E-state index contributed by atoms with van der Waals surface area (Å²) in [6, 6.07) is 4.12. The first-order chi connectivity index (χ1) is 15.6. The smallest absolute Gasteiger partial charge is 0.339 e. The summed E-state index contributed by atoms with van der Waals surface area (Å²) in [5.74, 6) is -5.49. The first kappa shape index (κ1) is 22.9. The summed E-state index contributed by atoms with van der Waals surface area (Å²) in [7, 11) is 0. The van der Waals surface area contributed by atoms with Gasteiger partial charge in [-0.2, -0.15) is 0 Å². The zero-order chi connectivity index (χ0) is 24.1. The van der Waals surface area contributed by atoms with Crippen LogP contribution in [0.5, 0.6) is 0 Å². The normalized spacial score (nSPS) is 27.2. The third-order valence-corrected chi connectivity index (χ3v) is 6.03. The number of ether oxygens (including phenoxy) is 4. The monoisotopic (exact) mass is 477 g/mol. The molecule has 174 valence electrons. The molecular formula is C22H20ClNO9. The van der Waals surface area contributed by atoms with Gasteiger partial charge >= 0.3 is 17.9 Å². The summed E-state index contributed by atoms with van der Waals surface area (Å²) >= 11 is 6.10. The molecule has 3 aliphatic rings. The molecule has 1 aromatic carbocycles. The van der Waals surface area contributed by atoms with Gasteiger partial charge in [0.25, 0.3) is 6.29 Å². The molecule has 2 saturated heterocycles. The fourth-order valence-electron chi connectivity index (χ4n) is 4.49. The number of imide groups is 1. The van der Waals surface area contributed by atoms with Crippen LogP contribution in [0.3, 0.4) is 0 Å². The molecule has 0 N–H and O–H groups in total. The average molecular weight is 478 g/mol. The fraction of sp³-hybridized carbons (Fsp3) is 0.409. The summed E-state index contributed by atoms with van der Waals surface area (Å²) < 4.78 is 21.2. The average Bonchev–Trinajstić information content (AvgIpc) is 3.39. The van der Waals surface area contributed by atoms with Crippen molar-refractivity contribution in [1.29, 1.82) is 0 Å². The molecule has 2 fully saturated rings. The second kappa shape index (κ2) is 8.27. The largest absolute Gasteiger partial charge is 0.462 e. The molecule has 11 heteroatoms. The van der Waals surface area contributed by atoms with Gasteiger partial charge in [-0.25, -0.2) is 9.69 Å². The number of esters is 3. The van der Waals surface area contributed by atoms with Gasteiger partial charge in [-0.15, -0.1) is 0 Å². The number of amides is 2. The van der Waals surface area contributed by atoms with E-state index in [0.29, 0.717) is 0 Å². The summed E-state index contributed by atoms with van der Waals surface area (Å²) in [5.41, 5.74) is -1.54. The minimum Gasteiger partial charge on any atom is -0.462 e. The number of anilines is 1. The van der Waals surface area contributed by atoms with Crippen molar-refractivity contribution in [2.45, 2.75) is 38.8 Å². The molecule has 2 amide bonds. The van der Waals surface area contributed by atoms with Crippen LogP contribution in [0, 0.1) is 11.8 Å². The quantitative estimate of drug-likeness (QED) is 0.261. The molecule has 0 unspecified atom stereocenters. The van der Waals surface area contributed by atoms with Crippen LogP contribution in [0.15, 0.2) is 30.4 Å². The van der Waals surface area contributed by atoms with E-state index in [-0.39, 0.29) is 22.9 Å². The summed E-state index contributed by atoms with van der Waals surface area (Å²) in [4.78, 5) is 63.3. The van der Waals surface area contributed by atoms with Crippen molar-refractivity contribution < 1.29 is 42.9 Å². The van der Waals surface area contributed by atoms with Crippen LogP contribution in [-0.2, 0) is 38.1 Å². The Morgan fingerprint density at radius 1 is 1.15 bits per heavy atom. The Bertz CT molecular complexity index is 1080. The van der Waals surface area contributed by atoms with Gasteiger partial charge in [0.05, 0.1) is 40.8 Å². The van der Waals surface area contributed by atoms with Gasteiger partial charge in [-0.05, 0) is 31.2 Å². The van der Waals surface area contributed by atoms with Crippen LogP contribution in [0.2, 0.25) is 5.02 Å². The van der Waals surface area contributed by atoms with E-state index >= 15 is 0 Å². The minimum atomic E-state index is -1.66. The number of nitrogens with zero attached hydrogens (tertiary/aromatic N) is 1. The first-order valence-electron chi connectivity index (χ1n) is 10.2. The second-order valence-corrected chi connectivity index (χ2v) is 8.15. The Hall–Kier alpha value is -3.24. The van der Waals surface area contributed by atoms with Gasteiger partial charge in [-0.1, -0.05) is 17.7 Å². The highest BCUT2D eigenvalue weighted by Crippen LogP contribution is 2.54. The second-order valence-electron chi connectivity index (χ2n) is 7.75. The zero-order valence-electron chi connectivity index (χ0n) is 17.9. The van der Waals surface area contributed by atoms with Crippen LogP contribution < -0.4 is 4.90 Å². The predicted molar refractivity (Wildman–Crippen MR) is 111 cm³/mol. The lowest BCUT2D eigenvalue weighted by Gasteiger charge is -2.34. The Morgan fingerprint density at radius 2 is 1.82 bits per heavy atom. The van der Waals surface area contributed by atoms with Crippen molar-refractivity contribution in [3.8, 4) is 0 Å². The van der Waals surface area contributed by atoms with Gasteiger partial charge in [0.15, 0.2) is 5.60 Å². The van der Waals surface area contributed by atoms with Crippen molar-refractivity contribution in [1.82, 2.24) is 0 Å². The highest BCUT2D eigenvalue weighted by atomic mass is 35.5. The maximum atomic E-state index is 13.5. The number of benzene rings is 1. The lowest BCUT2D eigenvalue weighted by Crippen LogP contribution is -2.52. The summed E-state index contributed by atoms with van der Waals surface area (Å²) in [6.07, 6.45) is 0.695. The first-order valence-corrected chi connectivity index (χ1v) is 10.5. The van der Waals surface area contributed by atoms with E-state index < -0.39 is 59.6 Å². The molecule has 2 bridgehead atoms. The molecule has 0 spiro atoms. The number of hydrogen-bond acceptors (Lipinski definition) is 9. The molecule has 0 saturated carbocycles. The Kier molecular flexibility index (Phi) is 5.75. The van der Waals surface area contributed by atoms with E-state index in [2.05, 4.69) is 0 Å². The van der Waals surface area contributed by atoms with E-state index in [0.717, 1.165) is 18.7 Å². The number of fused-ring (bicyclic) bond motifs is 5. The molecule has 4 atom stereocenters. The Labute approximate surface area is 193 Å². The van der Waals surface area contributed by atoms with Gasteiger partial charge in [-0.3, -0.25) is 19.2 Å². The Balaban J connectivity index is 1.73.